The quantitative estimate of drug-likeness (QED) is 0.459. The van der Waals surface area contributed by atoms with Crippen LogP contribution in [0.25, 0.3) is 6.08 Å². The summed E-state index contributed by atoms with van der Waals surface area (Å²) in [7, 11) is 0. The van der Waals surface area contributed by atoms with Gasteiger partial charge in [-0.05, 0) is 68.0 Å². The number of anilines is 2. The van der Waals surface area contributed by atoms with Crippen LogP contribution >= 0.6 is 11.6 Å². The van der Waals surface area contributed by atoms with Gasteiger partial charge in [0.15, 0.2) is 0 Å². The van der Waals surface area contributed by atoms with Crippen LogP contribution in [0.15, 0.2) is 36.9 Å². The van der Waals surface area contributed by atoms with Gasteiger partial charge in [-0.15, -0.1) is 0 Å². The number of benzene rings is 2. The zero-order valence-corrected chi connectivity index (χ0v) is 23.3. The number of carbonyl (C=O) groups excluding carboxylic acids is 2. The Morgan fingerprint density at radius 2 is 1.97 bits per heavy atom. The van der Waals surface area contributed by atoms with Crippen LogP contribution in [-0.4, -0.2) is 48.7 Å². The number of hydrogen-bond acceptors (Lipinski definition) is 5. The molecule has 2 amide bonds. The number of amides is 2. The molecule has 2 heterocycles. The SMILES string of the molecule is C=Cc1c(OC(=O)N2C[C@H](C)N(C(C)=O)c3ccc(C4CNN(C5CC5)C4)cc32)ccc(Cl)c1CCCC. The van der Waals surface area contributed by atoms with Crippen LogP contribution in [0.2, 0.25) is 5.02 Å². The molecule has 1 aliphatic carbocycles. The van der Waals surface area contributed by atoms with E-state index in [4.69, 9.17) is 16.3 Å². The fourth-order valence-electron chi connectivity index (χ4n) is 5.72. The summed E-state index contributed by atoms with van der Waals surface area (Å²) in [5.41, 5.74) is 7.80. The van der Waals surface area contributed by atoms with Gasteiger partial charge in [0.2, 0.25) is 5.91 Å². The topological polar surface area (TPSA) is 65.1 Å². The number of nitrogens with one attached hydrogen (secondary N) is 1. The largest absolute Gasteiger partial charge is 0.419 e. The van der Waals surface area contributed by atoms with Crippen molar-refractivity contribution < 1.29 is 14.3 Å². The average molecular weight is 537 g/mol. The van der Waals surface area contributed by atoms with E-state index in [2.05, 4.69) is 36.1 Å². The van der Waals surface area contributed by atoms with Gasteiger partial charge < -0.3 is 9.64 Å². The van der Waals surface area contributed by atoms with E-state index in [1.165, 1.54) is 12.8 Å². The third-order valence-corrected chi connectivity index (χ3v) is 8.21. The maximum atomic E-state index is 13.7. The van der Waals surface area contributed by atoms with E-state index < -0.39 is 6.09 Å². The molecule has 202 valence electrons. The normalized spacial score (nSPS) is 21.4. The molecule has 1 saturated carbocycles. The Morgan fingerprint density at radius 1 is 1.18 bits per heavy atom. The van der Waals surface area contributed by atoms with Crippen molar-refractivity contribution in [1.82, 2.24) is 10.4 Å². The molecular weight excluding hydrogens is 500 g/mol. The first-order chi connectivity index (χ1) is 18.3. The highest BCUT2D eigenvalue weighted by Gasteiger charge is 2.38. The van der Waals surface area contributed by atoms with Gasteiger partial charge >= 0.3 is 6.09 Å². The van der Waals surface area contributed by atoms with Crippen molar-refractivity contribution in [3.05, 3.63) is 58.6 Å². The molecular formula is C30H37ClN4O3. The number of hydrazine groups is 1. The molecule has 38 heavy (non-hydrogen) atoms. The predicted molar refractivity (Wildman–Crippen MR) is 153 cm³/mol. The lowest BCUT2D eigenvalue weighted by molar-refractivity contribution is -0.117. The van der Waals surface area contributed by atoms with E-state index in [1.807, 2.05) is 13.0 Å². The molecule has 0 aromatic heterocycles. The molecule has 0 bridgehead atoms. The Balaban J connectivity index is 1.46. The summed E-state index contributed by atoms with van der Waals surface area (Å²) < 4.78 is 6.01. The Labute approximate surface area is 230 Å². The Morgan fingerprint density at radius 3 is 2.66 bits per heavy atom. The van der Waals surface area contributed by atoms with Crippen molar-refractivity contribution in [1.29, 1.82) is 0 Å². The summed E-state index contributed by atoms with van der Waals surface area (Å²) in [6, 6.07) is 10.1. The molecule has 2 aromatic rings. The molecule has 2 fully saturated rings. The lowest BCUT2D eigenvalue weighted by atomic mass is 9.97. The standard InChI is InChI=1S/C30H37ClN4O3/c1-5-7-8-25-24(6-2)29(14-12-26(25)31)38-30(37)33-17-19(3)35(20(4)36)27-13-9-21(15-28(27)33)22-16-32-34(18-22)23-10-11-23/h6,9,12-15,19,22-23,32H,2,5,7-8,10-11,16-18H2,1,3-4H3/t19-,22?/m0/s1. The second-order valence-electron chi connectivity index (χ2n) is 10.7. The molecule has 1 saturated heterocycles. The molecule has 2 aliphatic heterocycles. The van der Waals surface area contributed by atoms with Gasteiger partial charge in [0, 0.05) is 49.1 Å². The summed E-state index contributed by atoms with van der Waals surface area (Å²) in [4.78, 5) is 29.8. The fourth-order valence-corrected chi connectivity index (χ4v) is 5.98. The number of rotatable bonds is 7. The number of hydrogen-bond donors (Lipinski definition) is 1. The first-order valence-corrected chi connectivity index (χ1v) is 14.1. The van der Waals surface area contributed by atoms with Crippen LogP contribution in [0.4, 0.5) is 16.2 Å². The molecule has 7 nitrogen and oxygen atoms in total. The van der Waals surface area contributed by atoms with Crippen LogP contribution < -0.4 is 20.0 Å². The van der Waals surface area contributed by atoms with Crippen LogP contribution in [0, 0.1) is 0 Å². The minimum absolute atomic E-state index is 0.0471. The molecule has 0 spiro atoms. The highest BCUT2D eigenvalue weighted by molar-refractivity contribution is 6.31. The lowest BCUT2D eigenvalue weighted by Gasteiger charge is -2.40. The molecule has 0 radical (unpaired) electrons. The molecule has 2 aromatic carbocycles. The Kier molecular flexibility index (Phi) is 7.80. The van der Waals surface area contributed by atoms with Gasteiger partial charge in [0.1, 0.15) is 5.75 Å². The van der Waals surface area contributed by atoms with Gasteiger partial charge in [-0.3, -0.25) is 15.1 Å². The van der Waals surface area contributed by atoms with Crippen LogP contribution in [0.1, 0.15) is 69.1 Å². The van der Waals surface area contributed by atoms with E-state index in [9.17, 15) is 9.59 Å². The van der Waals surface area contributed by atoms with Gasteiger partial charge in [0.05, 0.1) is 17.4 Å². The van der Waals surface area contributed by atoms with Gasteiger partial charge in [-0.2, -0.15) is 0 Å². The van der Waals surface area contributed by atoms with Crippen molar-refractivity contribution in [2.45, 2.75) is 70.9 Å². The van der Waals surface area contributed by atoms with Gasteiger partial charge in [0.25, 0.3) is 0 Å². The monoisotopic (exact) mass is 536 g/mol. The second kappa shape index (κ2) is 11.1. The van der Waals surface area contributed by atoms with Crippen molar-refractivity contribution in [2.75, 3.05) is 29.4 Å². The first kappa shape index (κ1) is 26.7. The predicted octanol–water partition coefficient (Wildman–Crippen LogP) is 6.15. The van der Waals surface area contributed by atoms with Gasteiger partial charge in [-0.1, -0.05) is 43.7 Å². The van der Waals surface area contributed by atoms with Crippen LogP contribution in [0.5, 0.6) is 5.75 Å². The number of unbranched alkanes of at least 4 members (excludes halogenated alkanes) is 1. The number of carbonyl (C=O) groups is 2. The van der Waals surface area contributed by atoms with Crippen molar-refractivity contribution in [3.63, 3.8) is 0 Å². The Hall–Kier alpha value is -2.87. The zero-order valence-electron chi connectivity index (χ0n) is 22.5. The lowest BCUT2D eigenvalue weighted by Crippen LogP contribution is -2.52. The zero-order chi connectivity index (χ0) is 27.0. The number of fused-ring (bicyclic) bond motifs is 1. The van der Waals surface area contributed by atoms with E-state index >= 15 is 0 Å². The number of nitrogens with zero attached hydrogens (tertiary/aromatic N) is 3. The first-order valence-electron chi connectivity index (χ1n) is 13.7. The molecule has 1 unspecified atom stereocenters. The number of halogens is 1. The summed E-state index contributed by atoms with van der Waals surface area (Å²) in [5.74, 6) is 0.711. The highest BCUT2D eigenvalue weighted by Crippen LogP contribution is 2.40. The van der Waals surface area contributed by atoms with Crippen molar-refractivity contribution in [3.8, 4) is 5.75 Å². The van der Waals surface area contributed by atoms with Crippen LogP contribution in [-0.2, 0) is 11.2 Å². The van der Waals surface area contributed by atoms with E-state index in [0.29, 0.717) is 35.0 Å². The molecule has 1 N–H and O–H groups in total. The number of ether oxygens (including phenoxy) is 1. The summed E-state index contributed by atoms with van der Waals surface area (Å²) >= 11 is 6.50. The van der Waals surface area contributed by atoms with Gasteiger partial charge in [-0.25, -0.2) is 9.80 Å². The maximum Gasteiger partial charge on any atom is 0.419 e. The maximum absolute atomic E-state index is 13.7. The fraction of sp³-hybridized carbons (Fsp3) is 0.467. The van der Waals surface area contributed by atoms with Crippen molar-refractivity contribution in [2.24, 2.45) is 0 Å². The van der Waals surface area contributed by atoms with E-state index in [1.54, 1.807) is 34.9 Å². The average Bonchev–Trinajstić information content (AvgIpc) is 3.63. The third kappa shape index (κ3) is 5.20. The molecule has 8 heteroatoms. The third-order valence-electron chi connectivity index (χ3n) is 7.86. The second-order valence-corrected chi connectivity index (χ2v) is 11.1. The van der Waals surface area contributed by atoms with Crippen LogP contribution in [0.3, 0.4) is 0 Å². The van der Waals surface area contributed by atoms with E-state index in [-0.39, 0.29) is 11.9 Å². The minimum atomic E-state index is -0.477. The smallest absolute Gasteiger partial charge is 0.409 e. The molecule has 2 atom stereocenters. The summed E-state index contributed by atoms with van der Waals surface area (Å²) in [6.07, 6.45) is 6.51. The summed E-state index contributed by atoms with van der Waals surface area (Å²) in [6.45, 7) is 11.7. The van der Waals surface area contributed by atoms with Crippen molar-refractivity contribution >= 4 is 41.1 Å². The van der Waals surface area contributed by atoms with E-state index in [0.717, 1.165) is 54.7 Å². The minimum Gasteiger partial charge on any atom is -0.409 e. The molecule has 3 aliphatic rings. The summed E-state index contributed by atoms with van der Waals surface area (Å²) in [5, 5.41) is 2.99. The Bertz CT molecular complexity index is 1240. The molecule has 5 rings (SSSR count). The highest BCUT2D eigenvalue weighted by atomic mass is 35.5.